The molecule has 118 valence electrons. The number of amides is 2. The average Bonchev–Trinajstić information content (AvgIpc) is 2.59. The fraction of sp³-hybridized carbons (Fsp3) is 0.857. The Morgan fingerprint density at radius 3 is 2.55 bits per heavy atom. The number of carbonyl (C=O) groups is 2. The van der Waals surface area contributed by atoms with Crippen molar-refractivity contribution in [3.05, 3.63) is 0 Å². The largest absolute Gasteiger partial charge is 0.346 e. The van der Waals surface area contributed by atoms with Gasteiger partial charge in [0.05, 0.1) is 12.6 Å². The zero-order valence-corrected chi connectivity index (χ0v) is 13.5. The second kappa shape index (κ2) is 9.19. The summed E-state index contributed by atoms with van der Waals surface area (Å²) in [4.78, 5) is 25.7. The lowest BCUT2D eigenvalue weighted by Gasteiger charge is -2.27. The van der Waals surface area contributed by atoms with Crippen LogP contribution in [0.1, 0.15) is 46.5 Å². The van der Waals surface area contributed by atoms with Gasteiger partial charge in [-0.15, -0.1) is 12.4 Å². The zero-order chi connectivity index (χ0) is 14.4. The molecule has 1 aliphatic heterocycles. The third-order valence-corrected chi connectivity index (χ3v) is 3.81. The maximum absolute atomic E-state index is 12.1. The summed E-state index contributed by atoms with van der Waals surface area (Å²) in [6.07, 6.45) is 4.45. The third kappa shape index (κ3) is 5.67. The van der Waals surface area contributed by atoms with Gasteiger partial charge in [-0.1, -0.05) is 26.7 Å². The van der Waals surface area contributed by atoms with Crippen LogP contribution in [-0.2, 0) is 9.59 Å². The number of hydrogen-bond acceptors (Lipinski definition) is 3. The maximum Gasteiger partial charge on any atom is 0.242 e. The van der Waals surface area contributed by atoms with E-state index in [2.05, 4.69) is 12.2 Å². The Bertz CT molecular complexity index is 324. The molecule has 1 aliphatic rings. The molecule has 2 atom stereocenters. The van der Waals surface area contributed by atoms with Crippen molar-refractivity contribution in [2.75, 3.05) is 13.1 Å². The van der Waals surface area contributed by atoms with E-state index in [4.69, 9.17) is 5.73 Å². The van der Waals surface area contributed by atoms with Gasteiger partial charge in [0.1, 0.15) is 0 Å². The molecule has 1 heterocycles. The summed E-state index contributed by atoms with van der Waals surface area (Å²) in [5.74, 6) is -0.170. The zero-order valence-electron chi connectivity index (χ0n) is 12.7. The van der Waals surface area contributed by atoms with Crippen LogP contribution in [0.15, 0.2) is 0 Å². The number of likely N-dealkylation sites (tertiary alicyclic amines) is 1. The van der Waals surface area contributed by atoms with Gasteiger partial charge in [-0.05, 0) is 25.7 Å². The smallest absolute Gasteiger partial charge is 0.242 e. The van der Waals surface area contributed by atoms with Crippen LogP contribution >= 0.6 is 12.4 Å². The highest BCUT2D eigenvalue weighted by Gasteiger charge is 2.23. The maximum atomic E-state index is 12.1. The first-order valence-corrected chi connectivity index (χ1v) is 7.26. The number of hydrogen-bond donors (Lipinski definition) is 2. The summed E-state index contributed by atoms with van der Waals surface area (Å²) < 4.78 is 0. The first-order valence-electron chi connectivity index (χ1n) is 7.26. The van der Waals surface area contributed by atoms with Crippen molar-refractivity contribution in [3.8, 4) is 0 Å². The van der Waals surface area contributed by atoms with Crippen LogP contribution in [0.2, 0.25) is 0 Å². The Balaban J connectivity index is 0.00000361. The lowest BCUT2D eigenvalue weighted by atomic mass is 10.1. The monoisotopic (exact) mass is 305 g/mol. The molecule has 0 spiro atoms. The highest BCUT2D eigenvalue weighted by molar-refractivity contribution is 5.87. The lowest BCUT2D eigenvalue weighted by molar-refractivity contribution is -0.134. The lowest BCUT2D eigenvalue weighted by Crippen LogP contribution is -2.49. The minimum absolute atomic E-state index is 0. The average molecular weight is 306 g/mol. The Labute approximate surface area is 128 Å². The molecule has 20 heavy (non-hydrogen) atoms. The summed E-state index contributed by atoms with van der Waals surface area (Å²) in [7, 11) is 0. The van der Waals surface area contributed by atoms with Crippen LogP contribution in [0.25, 0.3) is 0 Å². The molecule has 1 saturated heterocycles. The van der Waals surface area contributed by atoms with E-state index in [-0.39, 0.29) is 42.7 Å². The van der Waals surface area contributed by atoms with E-state index < -0.39 is 6.04 Å². The van der Waals surface area contributed by atoms with Crippen molar-refractivity contribution < 1.29 is 9.59 Å². The third-order valence-electron chi connectivity index (χ3n) is 3.81. The number of nitrogens with zero attached hydrogens (tertiary/aromatic N) is 1. The summed E-state index contributed by atoms with van der Waals surface area (Å²) in [5, 5.41) is 2.65. The van der Waals surface area contributed by atoms with Gasteiger partial charge >= 0.3 is 0 Å². The highest BCUT2D eigenvalue weighted by Crippen LogP contribution is 2.16. The van der Waals surface area contributed by atoms with Gasteiger partial charge in [0.25, 0.3) is 0 Å². The molecule has 1 fully saturated rings. The molecule has 6 heteroatoms. The van der Waals surface area contributed by atoms with Gasteiger partial charge in [-0.2, -0.15) is 0 Å². The predicted octanol–water partition coefficient (Wildman–Crippen LogP) is 1.30. The van der Waals surface area contributed by atoms with Crippen molar-refractivity contribution in [1.29, 1.82) is 0 Å². The molecule has 1 rings (SSSR count). The number of rotatable bonds is 4. The fourth-order valence-corrected chi connectivity index (χ4v) is 2.33. The van der Waals surface area contributed by atoms with Gasteiger partial charge in [-0.25, -0.2) is 0 Å². The number of halogens is 1. The van der Waals surface area contributed by atoms with E-state index in [1.54, 1.807) is 0 Å². The molecule has 0 aliphatic carbocycles. The normalized spacial score (nSPS) is 20.9. The van der Waals surface area contributed by atoms with Gasteiger partial charge in [0.2, 0.25) is 11.8 Å². The Morgan fingerprint density at radius 2 is 1.95 bits per heavy atom. The van der Waals surface area contributed by atoms with E-state index in [1.807, 2.05) is 18.7 Å². The van der Waals surface area contributed by atoms with Crippen LogP contribution in [-0.4, -0.2) is 41.9 Å². The first-order chi connectivity index (χ1) is 8.93. The molecule has 0 aromatic heterocycles. The van der Waals surface area contributed by atoms with Crippen molar-refractivity contribution in [2.24, 2.45) is 11.7 Å². The number of nitrogens with one attached hydrogen (secondary N) is 1. The quantitative estimate of drug-likeness (QED) is 0.822. The van der Waals surface area contributed by atoms with E-state index in [9.17, 15) is 9.59 Å². The first kappa shape index (κ1) is 19.2. The molecule has 0 aromatic carbocycles. The van der Waals surface area contributed by atoms with E-state index in [0.29, 0.717) is 0 Å². The molecule has 0 aromatic rings. The van der Waals surface area contributed by atoms with Crippen LogP contribution in [0.5, 0.6) is 0 Å². The fourth-order valence-electron chi connectivity index (χ4n) is 2.33. The molecule has 5 nitrogen and oxygen atoms in total. The van der Waals surface area contributed by atoms with E-state index in [0.717, 1.165) is 19.4 Å². The highest BCUT2D eigenvalue weighted by atomic mass is 35.5. The summed E-state index contributed by atoms with van der Waals surface area (Å²) in [5.41, 5.74) is 5.74. The topological polar surface area (TPSA) is 75.4 Å². The second-order valence-corrected chi connectivity index (χ2v) is 5.77. The van der Waals surface area contributed by atoms with E-state index >= 15 is 0 Å². The van der Waals surface area contributed by atoms with Gasteiger partial charge in [0.15, 0.2) is 0 Å². The Hall–Kier alpha value is -0.810. The molecule has 3 N–H and O–H groups in total. The minimum Gasteiger partial charge on any atom is -0.346 e. The Kier molecular flexibility index (Phi) is 8.81. The molecule has 2 amide bonds. The minimum atomic E-state index is -0.547. The number of nitrogens with two attached hydrogens (primary N) is 1. The molecule has 1 unspecified atom stereocenters. The second-order valence-electron chi connectivity index (χ2n) is 5.77. The summed E-state index contributed by atoms with van der Waals surface area (Å²) >= 11 is 0. The molecule has 0 bridgehead atoms. The molecule has 0 radical (unpaired) electrons. The van der Waals surface area contributed by atoms with Crippen LogP contribution in [0.3, 0.4) is 0 Å². The van der Waals surface area contributed by atoms with Gasteiger partial charge in [0, 0.05) is 12.6 Å². The van der Waals surface area contributed by atoms with Crippen molar-refractivity contribution in [3.63, 3.8) is 0 Å². The van der Waals surface area contributed by atoms with Crippen LogP contribution in [0.4, 0.5) is 0 Å². The van der Waals surface area contributed by atoms with Crippen molar-refractivity contribution in [1.82, 2.24) is 10.2 Å². The van der Waals surface area contributed by atoms with Crippen molar-refractivity contribution in [2.45, 2.75) is 58.5 Å². The van der Waals surface area contributed by atoms with Crippen LogP contribution in [0, 0.1) is 5.92 Å². The molecular formula is C14H28ClN3O2. The summed E-state index contributed by atoms with van der Waals surface area (Å²) in [6.45, 7) is 6.71. The SMILES string of the molecule is CC(C)[C@H](N)C(=O)NCC(=O)N1CCCCCC1C.Cl. The molecular weight excluding hydrogens is 278 g/mol. The van der Waals surface area contributed by atoms with Crippen LogP contribution < -0.4 is 11.1 Å². The van der Waals surface area contributed by atoms with Gasteiger partial charge in [-0.3, -0.25) is 9.59 Å². The van der Waals surface area contributed by atoms with Gasteiger partial charge < -0.3 is 16.0 Å². The summed E-state index contributed by atoms with van der Waals surface area (Å²) in [6, 6.07) is -0.278. The standard InChI is InChI=1S/C14H27N3O2.ClH/c1-10(2)13(15)14(19)16-9-12(18)17-8-6-4-5-7-11(17)3;/h10-11,13H,4-9,15H2,1-3H3,(H,16,19);1H/t11?,13-;/m0./s1. The molecule has 0 saturated carbocycles. The van der Waals surface area contributed by atoms with E-state index in [1.165, 1.54) is 12.8 Å². The predicted molar refractivity (Wildman–Crippen MR) is 82.7 cm³/mol. The Morgan fingerprint density at radius 1 is 1.30 bits per heavy atom. The van der Waals surface area contributed by atoms with Crippen molar-refractivity contribution >= 4 is 24.2 Å². The number of carbonyl (C=O) groups excluding carboxylic acids is 2.